The number of nitrogens with zero attached hydrogens (tertiary/aromatic N) is 2. The average molecular weight is 502 g/mol. The first kappa shape index (κ1) is 37.0. The molecule has 2 N–H and O–H groups in total. The molecule has 198 valence electrons. The third-order valence-electron chi connectivity index (χ3n) is 6.80. The maximum Gasteiger partial charge on any atom is 0.365 e. The molecule has 0 saturated carbocycles. The van der Waals surface area contributed by atoms with Crippen LogP contribution in [0.2, 0.25) is 0 Å². The van der Waals surface area contributed by atoms with Gasteiger partial charge in [-0.25, -0.2) is 0 Å². The maximum absolute atomic E-state index is 10.9. The summed E-state index contributed by atoms with van der Waals surface area (Å²) in [7, 11) is 8.21. The van der Waals surface area contributed by atoms with Crippen molar-refractivity contribution in [1.29, 1.82) is 0 Å². The Bertz CT molecular complexity index is 405. The molecular formula is C26H58Cl2N2O2. The summed E-state index contributed by atoms with van der Waals surface area (Å²) in [5.74, 6) is -1.68. The summed E-state index contributed by atoms with van der Waals surface area (Å²) in [4.78, 5) is 0. The van der Waals surface area contributed by atoms with Crippen LogP contribution in [0, 0.1) is 0 Å². The summed E-state index contributed by atoms with van der Waals surface area (Å²) in [6.45, 7) is 6.73. The fourth-order valence-corrected chi connectivity index (χ4v) is 4.34. The van der Waals surface area contributed by atoms with Crippen molar-refractivity contribution in [2.24, 2.45) is 0 Å². The Morgan fingerprint density at radius 2 is 0.812 bits per heavy atom. The molecule has 0 aromatic rings. The van der Waals surface area contributed by atoms with Gasteiger partial charge < -0.3 is 39.5 Å². The van der Waals surface area contributed by atoms with Crippen LogP contribution in [0.3, 0.4) is 0 Å². The van der Waals surface area contributed by atoms with Gasteiger partial charge >= 0.3 is 5.91 Å². The van der Waals surface area contributed by atoms with Gasteiger partial charge in [-0.05, 0) is 25.7 Å². The molecule has 0 saturated heterocycles. The topological polar surface area (TPSA) is 40.5 Å². The van der Waals surface area contributed by atoms with E-state index in [1.165, 1.54) is 96.3 Å². The molecule has 0 heterocycles. The van der Waals surface area contributed by atoms with Crippen LogP contribution in [0.4, 0.5) is 0 Å². The second-order valence-corrected chi connectivity index (χ2v) is 11.0. The normalized spacial score (nSPS) is 12.4. The third kappa shape index (κ3) is 18.8. The van der Waals surface area contributed by atoms with Crippen molar-refractivity contribution in [3.63, 3.8) is 0 Å². The molecule has 0 fully saturated rings. The Labute approximate surface area is 214 Å². The molecule has 0 bridgehead atoms. The number of aliphatic hydroxyl groups is 2. The molecular weight excluding hydrogens is 443 g/mol. The largest absolute Gasteiger partial charge is 1.00 e. The lowest BCUT2D eigenvalue weighted by Gasteiger charge is -2.44. The van der Waals surface area contributed by atoms with Crippen molar-refractivity contribution in [3.8, 4) is 0 Å². The van der Waals surface area contributed by atoms with Gasteiger partial charge in [0.05, 0.1) is 41.3 Å². The molecule has 0 atom stereocenters. The van der Waals surface area contributed by atoms with Crippen LogP contribution in [0.1, 0.15) is 117 Å². The average Bonchev–Trinajstić information content (AvgIpc) is 2.65. The van der Waals surface area contributed by atoms with Crippen LogP contribution >= 0.6 is 0 Å². The highest BCUT2D eigenvalue weighted by Crippen LogP contribution is 2.21. The summed E-state index contributed by atoms with van der Waals surface area (Å²) in [5, 5.41) is 21.8. The first-order valence-corrected chi connectivity index (χ1v) is 13.2. The molecule has 32 heavy (non-hydrogen) atoms. The van der Waals surface area contributed by atoms with E-state index in [-0.39, 0.29) is 29.3 Å². The Kier molecular flexibility index (Phi) is 24.0. The minimum Gasteiger partial charge on any atom is -1.00 e. The standard InChI is InChI=1S/C26H58N2O2.2ClH/c1-7-9-11-13-15-17-19-21-23-27(3,4)25-26(29,30)28(5,6)24-22-20-18-16-14-12-10-8-2;;/h29-30H,7-25H2,1-6H3;2*1H/q+2;;/p-2. The second-order valence-electron chi connectivity index (χ2n) is 11.0. The van der Waals surface area contributed by atoms with Crippen molar-refractivity contribution < 1.29 is 44.0 Å². The molecule has 0 spiro atoms. The number of hydrogen-bond acceptors (Lipinski definition) is 2. The number of rotatable bonds is 21. The monoisotopic (exact) mass is 500 g/mol. The molecule has 0 amide bonds. The first-order chi connectivity index (χ1) is 14.1. The number of hydrogen-bond donors (Lipinski definition) is 2. The summed E-state index contributed by atoms with van der Waals surface area (Å²) < 4.78 is 0.934. The summed E-state index contributed by atoms with van der Waals surface area (Å²) >= 11 is 0. The molecule has 0 aromatic heterocycles. The Balaban J connectivity index is -0.00000420. The SMILES string of the molecule is CCCCCCCCCC[N+](C)(C)CC(O)(O)[N+](C)(C)CCCCCCCCCC.[Cl-].[Cl-]. The highest BCUT2D eigenvalue weighted by Gasteiger charge is 2.47. The fraction of sp³-hybridized carbons (Fsp3) is 1.00. The van der Waals surface area contributed by atoms with Crippen LogP contribution in [-0.4, -0.2) is 72.9 Å². The van der Waals surface area contributed by atoms with Gasteiger partial charge in [-0.1, -0.05) is 90.9 Å². The van der Waals surface area contributed by atoms with Gasteiger partial charge in [-0.3, -0.25) is 4.48 Å². The number of halogens is 2. The molecule has 0 aliphatic rings. The second kappa shape index (κ2) is 20.8. The predicted octanol–water partition coefficient (Wildman–Crippen LogP) is 0.0670. The maximum atomic E-state index is 10.9. The van der Waals surface area contributed by atoms with Crippen LogP contribution in [0.15, 0.2) is 0 Å². The van der Waals surface area contributed by atoms with Crippen LogP contribution in [-0.2, 0) is 0 Å². The lowest BCUT2D eigenvalue weighted by Crippen LogP contribution is -3.00. The molecule has 4 nitrogen and oxygen atoms in total. The van der Waals surface area contributed by atoms with Crippen molar-refractivity contribution >= 4 is 0 Å². The number of likely N-dealkylation sites (N-methyl/N-ethyl adjacent to an activating group) is 2. The van der Waals surface area contributed by atoms with E-state index in [2.05, 4.69) is 27.9 Å². The van der Waals surface area contributed by atoms with Crippen molar-refractivity contribution in [2.75, 3.05) is 47.8 Å². The van der Waals surface area contributed by atoms with E-state index >= 15 is 0 Å². The zero-order valence-electron chi connectivity index (χ0n) is 22.5. The highest BCUT2D eigenvalue weighted by molar-refractivity contribution is 4.55. The first-order valence-electron chi connectivity index (χ1n) is 13.2. The lowest BCUT2D eigenvalue weighted by molar-refractivity contribution is -1.03. The summed E-state index contributed by atoms with van der Waals surface area (Å²) in [5.41, 5.74) is 0. The summed E-state index contributed by atoms with van der Waals surface area (Å²) in [6.07, 6.45) is 20.7. The quantitative estimate of drug-likeness (QED) is 0.133. The van der Waals surface area contributed by atoms with Crippen LogP contribution in [0.5, 0.6) is 0 Å². The number of quaternary nitrogens is 2. The van der Waals surface area contributed by atoms with E-state index in [4.69, 9.17) is 0 Å². The van der Waals surface area contributed by atoms with Crippen molar-refractivity contribution in [1.82, 2.24) is 0 Å². The molecule has 0 aliphatic carbocycles. The van der Waals surface area contributed by atoms with E-state index in [9.17, 15) is 10.2 Å². The summed E-state index contributed by atoms with van der Waals surface area (Å²) in [6, 6.07) is 0. The van der Waals surface area contributed by atoms with Gasteiger partial charge in [0, 0.05) is 0 Å². The van der Waals surface area contributed by atoms with E-state index in [0.717, 1.165) is 19.5 Å². The zero-order chi connectivity index (χ0) is 22.9. The highest BCUT2D eigenvalue weighted by atomic mass is 35.5. The molecule has 0 radical (unpaired) electrons. The Hall–Kier alpha value is 0.420. The van der Waals surface area contributed by atoms with Gasteiger partial charge in [0.1, 0.15) is 0 Å². The molecule has 0 aromatic carbocycles. The molecule has 0 unspecified atom stereocenters. The van der Waals surface area contributed by atoms with E-state index in [0.29, 0.717) is 11.0 Å². The third-order valence-corrected chi connectivity index (χ3v) is 6.80. The molecule has 6 heteroatoms. The van der Waals surface area contributed by atoms with Gasteiger partial charge in [0.15, 0.2) is 6.54 Å². The molecule has 0 aliphatic heterocycles. The fourth-order valence-electron chi connectivity index (χ4n) is 4.34. The van der Waals surface area contributed by atoms with E-state index in [1.54, 1.807) is 0 Å². The van der Waals surface area contributed by atoms with Gasteiger partial charge in [-0.15, -0.1) is 0 Å². The van der Waals surface area contributed by atoms with Gasteiger partial charge in [-0.2, -0.15) is 0 Å². The van der Waals surface area contributed by atoms with Crippen molar-refractivity contribution in [3.05, 3.63) is 0 Å². The Morgan fingerprint density at radius 3 is 1.19 bits per heavy atom. The smallest absolute Gasteiger partial charge is 0.365 e. The van der Waals surface area contributed by atoms with Crippen molar-refractivity contribution in [2.45, 2.75) is 122 Å². The predicted molar refractivity (Wildman–Crippen MR) is 131 cm³/mol. The van der Waals surface area contributed by atoms with Crippen LogP contribution in [0.25, 0.3) is 0 Å². The molecule has 0 rings (SSSR count). The minimum absolute atomic E-state index is 0. The number of unbranched alkanes of at least 4 members (excludes halogenated alkanes) is 14. The lowest BCUT2D eigenvalue weighted by atomic mass is 10.1. The Morgan fingerprint density at radius 1 is 0.500 bits per heavy atom. The van der Waals surface area contributed by atoms with Gasteiger partial charge in [0.2, 0.25) is 0 Å². The van der Waals surface area contributed by atoms with Crippen LogP contribution < -0.4 is 24.8 Å². The van der Waals surface area contributed by atoms with Gasteiger partial charge in [0.25, 0.3) is 0 Å². The van der Waals surface area contributed by atoms with E-state index < -0.39 is 5.91 Å². The van der Waals surface area contributed by atoms with E-state index in [1.807, 2.05) is 14.1 Å². The zero-order valence-corrected chi connectivity index (χ0v) is 24.0. The minimum atomic E-state index is -1.68.